The van der Waals surface area contributed by atoms with E-state index in [0.717, 1.165) is 17.9 Å². The van der Waals surface area contributed by atoms with Crippen molar-refractivity contribution in [3.63, 3.8) is 0 Å². The first kappa shape index (κ1) is 11.4. The molecule has 0 amide bonds. The quantitative estimate of drug-likeness (QED) is 0.482. The summed E-state index contributed by atoms with van der Waals surface area (Å²) in [6.07, 6.45) is 8.85. The largest absolute Gasteiger partial charge is 0.314 e. The molecule has 0 aromatic carbocycles. The minimum Gasteiger partial charge on any atom is -0.314 e. The molecular weight excluding hydrogens is 182 g/mol. The van der Waals surface area contributed by atoms with Crippen molar-refractivity contribution in [2.45, 2.75) is 58.4 Å². The molecule has 1 heterocycles. The summed E-state index contributed by atoms with van der Waals surface area (Å²) in [4.78, 5) is 0. The highest BCUT2D eigenvalue weighted by atomic mass is 15.5. The Hall–Kier alpha value is -0.0400. The lowest BCUT2D eigenvalue weighted by atomic mass is 10.0. The number of hydrogen-bond donors (Lipinski definition) is 0. The van der Waals surface area contributed by atoms with Gasteiger partial charge in [0.15, 0.2) is 0 Å². The SMILES string of the molecule is CCCC[N+]1(C)CC1CC1CCC(C)C1. The smallest absolute Gasteiger partial charge is 0.139 e. The minimum absolute atomic E-state index is 1.02. The summed E-state index contributed by atoms with van der Waals surface area (Å²) < 4.78 is 1.40. The third kappa shape index (κ3) is 2.75. The summed E-state index contributed by atoms with van der Waals surface area (Å²) in [5.74, 6) is 2.09. The fourth-order valence-corrected chi connectivity index (χ4v) is 3.48. The van der Waals surface area contributed by atoms with E-state index in [0.29, 0.717) is 0 Å². The fraction of sp³-hybridized carbons (Fsp3) is 1.00. The molecule has 1 nitrogen and oxygen atoms in total. The second kappa shape index (κ2) is 4.45. The first-order valence-corrected chi connectivity index (χ1v) is 6.98. The number of hydrogen-bond acceptors (Lipinski definition) is 0. The van der Waals surface area contributed by atoms with Crippen LogP contribution in [0.3, 0.4) is 0 Å². The number of quaternary nitrogens is 1. The van der Waals surface area contributed by atoms with Crippen molar-refractivity contribution in [3.8, 4) is 0 Å². The van der Waals surface area contributed by atoms with E-state index in [9.17, 15) is 0 Å². The molecule has 1 aliphatic heterocycles. The second-order valence-corrected chi connectivity index (χ2v) is 6.41. The summed E-state index contributed by atoms with van der Waals surface area (Å²) in [5, 5.41) is 0. The minimum atomic E-state index is 1.02. The van der Waals surface area contributed by atoms with Gasteiger partial charge in [0, 0.05) is 6.42 Å². The molecule has 4 unspecified atom stereocenters. The van der Waals surface area contributed by atoms with Crippen LogP contribution in [0.4, 0.5) is 0 Å². The van der Waals surface area contributed by atoms with E-state index in [1.807, 2.05) is 0 Å². The van der Waals surface area contributed by atoms with Gasteiger partial charge in [-0.2, -0.15) is 0 Å². The predicted molar refractivity (Wildman–Crippen MR) is 65.7 cm³/mol. The molecule has 0 radical (unpaired) electrons. The zero-order valence-corrected chi connectivity index (χ0v) is 10.8. The van der Waals surface area contributed by atoms with Crippen LogP contribution in [0, 0.1) is 11.8 Å². The van der Waals surface area contributed by atoms with Crippen LogP contribution < -0.4 is 0 Å². The molecule has 1 heteroatoms. The van der Waals surface area contributed by atoms with Gasteiger partial charge in [0.2, 0.25) is 0 Å². The monoisotopic (exact) mass is 210 g/mol. The van der Waals surface area contributed by atoms with Gasteiger partial charge in [-0.15, -0.1) is 0 Å². The number of unbranched alkanes of at least 4 members (excludes halogenated alkanes) is 1. The molecular formula is C14H28N+. The fourth-order valence-electron chi connectivity index (χ4n) is 3.48. The van der Waals surface area contributed by atoms with Gasteiger partial charge in [-0.3, -0.25) is 0 Å². The lowest BCUT2D eigenvalue weighted by Gasteiger charge is -2.15. The molecule has 2 rings (SSSR count). The number of likely N-dealkylation sites (N-methyl/N-ethyl adjacent to an activating group) is 1. The van der Waals surface area contributed by atoms with Gasteiger partial charge in [0.25, 0.3) is 0 Å². The molecule has 1 saturated heterocycles. The van der Waals surface area contributed by atoms with E-state index >= 15 is 0 Å². The van der Waals surface area contributed by atoms with E-state index in [1.54, 1.807) is 0 Å². The maximum Gasteiger partial charge on any atom is 0.139 e. The first-order chi connectivity index (χ1) is 7.14. The van der Waals surface area contributed by atoms with Crippen molar-refractivity contribution >= 4 is 0 Å². The van der Waals surface area contributed by atoms with Crippen LogP contribution in [-0.4, -0.2) is 30.7 Å². The molecule has 4 atom stereocenters. The summed E-state index contributed by atoms with van der Waals surface area (Å²) in [7, 11) is 2.47. The van der Waals surface area contributed by atoms with Crippen molar-refractivity contribution < 1.29 is 4.48 Å². The molecule has 0 aromatic rings. The Morgan fingerprint density at radius 3 is 2.67 bits per heavy atom. The Kier molecular flexibility index (Phi) is 3.39. The van der Waals surface area contributed by atoms with Gasteiger partial charge in [0.1, 0.15) is 12.6 Å². The van der Waals surface area contributed by atoms with Crippen molar-refractivity contribution in [1.82, 2.24) is 0 Å². The molecule has 1 aliphatic carbocycles. The first-order valence-electron chi connectivity index (χ1n) is 6.98. The summed E-state index contributed by atoms with van der Waals surface area (Å²) in [6, 6.07) is 1.03. The Morgan fingerprint density at radius 1 is 1.27 bits per heavy atom. The Morgan fingerprint density at radius 2 is 2.07 bits per heavy atom. The maximum absolute atomic E-state index is 2.47. The van der Waals surface area contributed by atoms with Crippen LogP contribution in [0.5, 0.6) is 0 Å². The maximum atomic E-state index is 2.47. The van der Waals surface area contributed by atoms with Crippen molar-refractivity contribution in [2.75, 3.05) is 20.1 Å². The third-order valence-corrected chi connectivity index (χ3v) is 4.81. The second-order valence-electron chi connectivity index (χ2n) is 6.41. The molecule has 0 N–H and O–H groups in total. The van der Waals surface area contributed by atoms with Crippen LogP contribution in [0.2, 0.25) is 0 Å². The van der Waals surface area contributed by atoms with E-state index in [1.165, 1.54) is 56.1 Å². The van der Waals surface area contributed by atoms with Crippen LogP contribution in [0.25, 0.3) is 0 Å². The van der Waals surface area contributed by atoms with E-state index < -0.39 is 0 Å². The Labute approximate surface area is 95.4 Å². The summed E-state index contributed by atoms with van der Waals surface area (Å²) in [5.41, 5.74) is 0. The van der Waals surface area contributed by atoms with Gasteiger partial charge >= 0.3 is 0 Å². The van der Waals surface area contributed by atoms with Gasteiger partial charge < -0.3 is 4.48 Å². The van der Waals surface area contributed by atoms with Crippen molar-refractivity contribution in [3.05, 3.63) is 0 Å². The van der Waals surface area contributed by atoms with Crippen LogP contribution >= 0.6 is 0 Å². The molecule has 2 aliphatic rings. The third-order valence-electron chi connectivity index (χ3n) is 4.81. The van der Waals surface area contributed by atoms with Crippen molar-refractivity contribution in [1.29, 1.82) is 0 Å². The van der Waals surface area contributed by atoms with Crippen LogP contribution in [-0.2, 0) is 0 Å². The zero-order valence-electron chi connectivity index (χ0n) is 10.8. The Balaban J connectivity index is 1.69. The van der Waals surface area contributed by atoms with Gasteiger partial charge in [-0.05, 0) is 31.1 Å². The van der Waals surface area contributed by atoms with Gasteiger partial charge in [-0.1, -0.05) is 26.7 Å². The summed E-state index contributed by atoms with van der Waals surface area (Å²) >= 11 is 0. The lowest BCUT2D eigenvalue weighted by molar-refractivity contribution is -0.793. The highest BCUT2D eigenvalue weighted by molar-refractivity contribution is 4.81. The molecule has 0 aromatic heterocycles. The molecule has 88 valence electrons. The predicted octanol–water partition coefficient (Wildman–Crippen LogP) is 3.44. The van der Waals surface area contributed by atoms with E-state index in [4.69, 9.17) is 0 Å². The van der Waals surface area contributed by atoms with E-state index in [2.05, 4.69) is 20.9 Å². The molecule has 2 fully saturated rings. The highest BCUT2D eigenvalue weighted by Gasteiger charge is 2.51. The standard InChI is InChI=1S/C14H28N/c1-4-5-8-15(3)11-14(15)10-13-7-6-12(2)9-13/h12-14H,4-11H2,1-3H3/q+1. The molecule has 15 heavy (non-hydrogen) atoms. The van der Waals surface area contributed by atoms with Crippen LogP contribution in [0.15, 0.2) is 0 Å². The van der Waals surface area contributed by atoms with E-state index in [-0.39, 0.29) is 0 Å². The van der Waals surface area contributed by atoms with Gasteiger partial charge in [-0.25, -0.2) is 0 Å². The van der Waals surface area contributed by atoms with Crippen LogP contribution in [0.1, 0.15) is 52.4 Å². The number of nitrogens with zero attached hydrogens (tertiary/aromatic N) is 1. The lowest BCUT2D eigenvalue weighted by Crippen LogP contribution is -2.25. The topological polar surface area (TPSA) is 0 Å². The number of rotatable bonds is 5. The van der Waals surface area contributed by atoms with Gasteiger partial charge in [0.05, 0.1) is 13.6 Å². The molecule has 0 bridgehead atoms. The average Bonchev–Trinajstić information content (AvgIpc) is 2.61. The normalized spacial score (nSPS) is 44.6. The van der Waals surface area contributed by atoms with Crippen molar-refractivity contribution in [2.24, 2.45) is 11.8 Å². The summed E-state index contributed by atoms with van der Waals surface area (Å²) in [6.45, 7) is 7.65. The average molecular weight is 210 g/mol. The highest BCUT2D eigenvalue weighted by Crippen LogP contribution is 2.40. The Bertz CT molecular complexity index is 213. The molecule has 0 spiro atoms. The zero-order chi connectivity index (χ0) is 10.9. The molecule has 1 saturated carbocycles.